The van der Waals surface area contributed by atoms with E-state index in [0.717, 1.165) is 6.42 Å². The van der Waals surface area contributed by atoms with E-state index in [-0.39, 0.29) is 18.6 Å². The molecule has 5 heteroatoms. The molecule has 0 saturated heterocycles. The number of amides is 1. The molecule has 0 saturated carbocycles. The summed E-state index contributed by atoms with van der Waals surface area (Å²) >= 11 is 0. The standard InChI is InChI=1S/C13H22N2O3/c1-5-11-12(9(4)18-15-11)13(17)14-10(7-16)6-8(2)3/h8,10,16H,5-7H2,1-4H3,(H,14,17). The van der Waals surface area contributed by atoms with Gasteiger partial charge in [-0.3, -0.25) is 4.79 Å². The summed E-state index contributed by atoms with van der Waals surface area (Å²) in [6.07, 6.45) is 1.39. The Morgan fingerprint density at radius 3 is 2.67 bits per heavy atom. The van der Waals surface area contributed by atoms with E-state index in [1.807, 2.05) is 6.92 Å². The van der Waals surface area contributed by atoms with Crippen molar-refractivity contribution < 1.29 is 14.4 Å². The fourth-order valence-electron chi connectivity index (χ4n) is 1.96. The van der Waals surface area contributed by atoms with Crippen molar-refractivity contribution in [2.24, 2.45) is 5.92 Å². The van der Waals surface area contributed by atoms with Gasteiger partial charge < -0.3 is 14.9 Å². The predicted molar refractivity (Wildman–Crippen MR) is 68.4 cm³/mol. The van der Waals surface area contributed by atoms with E-state index in [4.69, 9.17) is 4.52 Å². The van der Waals surface area contributed by atoms with Crippen LogP contribution in [0, 0.1) is 12.8 Å². The van der Waals surface area contributed by atoms with Crippen molar-refractivity contribution in [2.45, 2.75) is 46.6 Å². The molecule has 0 fully saturated rings. The van der Waals surface area contributed by atoms with E-state index in [0.29, 0.717) is 29.4 Å². The van der Waals surface area contributed by atoms with Crippen LogP contribution in [0.15, 0.2) is 4.52 Å². The highest BCUT2D eigenvalue weighted by molar-refractivity contribution is 5.96. The number of rotatable bonds is 6. The van der Waals surface area contributed by atoms with Crippen molar-refractivity contribution in [2.75, 3.05) is 6.61 Å². The van der Waals surface area contributed by atoms with Gasteiger partial charge in [0, 0.05) is 0 Å². The molecule has 0 spiro atoms. The Labute approximate surface area is 108 Å². The lowest BCUT2D eigenvalue weighted by Crippen LogP contribution is -2.38. The van der Waals surface area contributed by atoms with E-state index >= 15 is 0 Å². The number of aliphatic hydroxyl groups is 1. The minimum atomic E-state index is -0.225. The summed E-state index contributed by atoms with van der Waals surface area (Å²) < 4.78 is 5.03. The molecule has 1 heterocycles. The van der Waals surface area contributed by atoms with E-state index in [9.17, 15) is 9.90 Å². The van der Waals surface area contributed by atoms with Gasteiger partial charge in [-0.15, -0.1) is 0 Å². The Balaban J connectivity index is 2.77. The largest absolute Gasteiger partial charge is 0.394 e. The van der Waals surface area contributed by atoms with Crippen LogP contribution in [0.3, 0.4) is 0 Å². The zero-order valence-electron chi connectivity index (χ0n) is 11.5. The molecule has 1 unspecified atom stereocenters. The smallest absolute Gasteiger partial charge is 0.257 e. The summed E-state index contributed by atoms with van der Waals surface area (Å²) in [6.45, 7) is 7.69. The summed E-state index contributed by atoms with van der Waals surface area (Å²) in [6, 6.07) is -0.225. The van der Waals surface area contributed by atoms with E-state index in [2.05, 4.69) is 24.3 Å². The molecule has 1 rings (SSSR count). The maximum absolute atomic E-state index is 12.1. The molecule has 2 N–H and O–H groups in total. The monoisotopic (exact) mass is 254 g/mol. The molecule has 5 nitrogen and oxygen atoms in total. The van der Waals surface area contributed by atoms with Gasteiger partial charge in [-0.2, -0.15) is 0 Å². The Kier molecular flexibility index (Phi) is 5.34. The molecule has 0 bridgehead atoms. The Bertz CT molecular complexity index is 399. The van der Waals surface area contributed by atoms with Crippen LogP contribution in [0.1, 0.15) is 49.0 Å². The van der Waals surface area contributed by atoms with Crippen LogP contribution >= 0.6 is 0 Å². The Hall–Kier alpha value is -1.36. The van der Waals surface area contributed by atoms with Crippen LogP contribution < -0.4 is 5.32 Å². The molecule has 1 atom stereocenters. The first kappa shape index (κ1) is 14.7. The van der Waals surface area contributed by atoms with E-state index < -0.39 is 0 Å². The molecular formula is C13H22N2O3. The number of hydrogen-bond acceptors (Lipinski definition) is 4. The lowest BCUT2D eigenvalue weighted by molar-refractivity contribution is 0.0906. The first-order chi connectivity index (χ1) is 8.49. The molecule has 18 heavy (non-hydrogen) atoms. The number of hydrogen-bond donors (Lipinski definition) is 2. The average molecular weight is 254 g/mol. The van der Waals surface area contributed by atoms with E-state index in [1.54, 1.807) is 6.92 Å². The van der Waals surface area contributed by atoms with Crippen LogP contribution in [0.2, 0.25) is 0 Å². The molecule has 0 aliphatic heterocycles. The molecule has 0 aliphatic rings. The summed E-state index contributed by atoms with van der Waals surface area (Å²) in [7, 11) is 0. The third-order valence-electron chi connectivity index (χ3n) is 2.81. The lowest BCUT2D eigenvalue weighted by atomic mass is 10.0. The molecule has 0 aromatic carbocycles. The van der Waals surface area contributed by atoms with Gasteiger partial charge in [0.15, 0.2) is 0 Å². The van der Waals surface area contributed by atoms with Crippen molar-refractivity contribution in [1.29, 1.82) is 0 Å². The minimum absolute atomic E-state index is 0.0598. The predicted octanol–water partition coefficient (Wildman–Crippen LogP) is 1.68. The van der Waals surface area contributed by atoms with Gasteiger partial charge >= 0.3 is 0 Å². The second-order valence-electron chi connectivity index (χ2n) is 4.90. The van der Waals surface area contributed by atoms with Gasteiger partial charge in [0.25, 0.3) is 5.91 Å². The number of nitrogens with zero attached hydrogens (tertiary/aromatic N) is 1. The van der Waals surface area contributed by atoms with Crippen LogP contribution in [0.4, 0.5) is 0 Å². The molecule has 1 aromatic rings. The van der Waals surface area contributed by atoms with Crippen molar-refractivity contribution in [3.05, 3.63) is 17.0 Å². The number of aryl methyl sites for hydroxylation is 2. The average Bonchev–Trinajstić information content (AvgIpc) is 2.68. The van der Waals surface area contributed by atoms with Gasteiger partial charge in [0.2, 0.25) is 0 Å². The number of nitrogens with one attached hydrogen (secondary N) is 1. The van der Waals surface area contributed by atoms with Crippen LogP contribution in [0.5, 0.6) is 0 Å². The van der Waals surface area contributed by atoms with Crippen LogP contribution in [0.25, 0.3) is 0 Å². The molecule has 0 radical (unpaired) electrons. The van der Waals surface area contributed by atoms with Gasteiger partial charge in [0.1, 0.15) is 11.3 Å². The summed E-state index contributed by atoms with van der Waals surface area (Å²) in [5, 5.41) is 15.9. The van der Waals surface area contributed by atoms with E-state index in [1.165, 1.54) is 0 Å². The summed E-state index contributed by atoms with van der Waals surface area (Å²) in [5.41, 5.74) is 1.16. The SMILES string of the molecule is CCc1noc(C)c1C(=O)NC(CO)CC(C)C. The Morgan fingerprint density at radius 2 is 2.17 bits per heavy atom. The summed E-state index contributed by atoms with van der Waals surface area (Å²) in [5.74, 6) is 0.715. The number of carbonyl (C=O) groups is 1. The maximum Gasteiger partial charge on any atom is 0.257 e. The third-order valence-corrected chi connectivity index (χ3v) is 2.81. The first-order valence-electron chi connectivity index (χ1n) is 6.36. The van der Waals surface area contributed by atoms with Crippen LogP contribution in [-0.4, -0.2) is 28.8 Å². The van der Waals surface area contributed by atoms with Crippen molar-refractivity contribution >= 4 is 5.91 Å². The topological polar surface area (TPSA) is 75.4 Å². The lowest BCUT2D eigenvalue weighted by Gasteiger charge is -2.18. The zero-order chi connectivity index (χ0) is 13.7. The second kappa shape index (κ2) is 6.54. The van der Waals surface area contributed by atoms with Crippen molar-refractivity contribution in [1.82, 2.24) is 10.5 Å². The summed E-state index contributed by atoms with van der Waals surface area (Å²) in [4.78, 5) is 12.1. The fraction of sp³-hybridized carbons (Fsp3) is 0.692. The Morgan fingerprint density at radius 1 is 1.50 bits per heavy atom. The molecule has 1 aromatic heterocycles. The van der Waals surface area contributed by atoms with Gasteiger partial charge in [-0.05, 0) is 25.7 Å². The molecule has 0 aliphatic carbocycles. The highest BCUT2D eigenvalue weighted by atomic mass is 16.5. The number of aliphatic hydroxyl groups excluding tert-OH is 1. The highest BCUT2D eigenvalue weighted by Crippen LogP contribution is 2.14. The zero-order valence-corrected chi connectivity index (χ0v) is 11.5. The fourth-order valence-corrected chi connectivity index (χ4v) is 1.96. The number of aromatic nitrogens is 1. The second-order valence-corrected chi connectivity index (χ2v) is 4.90. The van der Waals surface area contributed by atoms with Crippen LogP contribution in [-0.2, 0) is 6.42 Å². The third kappa shape index (κ3) is 3.57. The van der Waals surface area contributed by atoms with Crippen molar-refractivity contribution in [3.63, 3.8) is 0 Å². The van der Waals surface area contributed by atoms with Gasteiger partial charge in [-0.1, -0.05) is 25.9 Å². The molecule has 102 valence electrons. The highest BCUT2D eigenvalue weighted by Gasteiger charge is 2.21. The van der Waals surface area contributed by atoms with Gasteiger partial charge in [-0.25, -0.2) is 0 Å². The maximum atomic E-state index is 12.1. The minimum Gasteiger partial charge on any atom is -0.394 e. The van der Waals surface area contributed by atoms with Gasteiger partial charge in [0.05, 0.1) is 18.3 Å². The van der Waals surface area contributed by atoms with Crippen molar-refractivity contribution in [3.8, 4) is 0 Å². The molecule has 1 amide bonds. The quantitative estimate of drug-likeness (QED) is 0.810. The normalized spacial score (nSPS) is 12.8. The number of carbonyl (C=O) groups excluding carboxylic acids is 1. The first-order valence-corrected chi connectivity index (χ1v) is 6.36. The molecular weight excluding hydrogens is 232 g/mol.